The highest BCUT2D eigenvalue weighted by molar-refractivity contribution is 14.0. The number of nitrogens with one attached hydrogen (secondary N) is 2. The van der Waals surface area contributed by atoms with Crippen molar-refractivity contribution in [3.63, 3.8) is 0 Å². The summed E-state index contributed by atoms with van der Waals surface area (Å²) in [5.74, 6) is 0.795. The van der Waals surface area contributed by atoms with E-state index in [0.29, 0.717) is 12.7 Å². The van der Waals surface area contributed by atoms with Crippen molar-refractivity contribution in [3.05, 3.63) is 0 Å². The second-order valence-corrected chi connectivity index (χ2v) is 7.11. The second-order valence-electron chi connectivity index (χ2n) is 7.11. The molecule has 0 aromatic heterocycles. The molecule has 3 N–H and O–H groups in total. The van der Waals surface area contributed by atoms with Gasteiger partial charge in [-0.2, -0.15) is 0 Å². The Labute approximate surface area is 169 Å². The fourth-order valence-electron chi connectivity index (χ4n) is 3.61. The van der Waals surface area contributed by atoms with Gasteiger partial charge < -0.3 is 25.2 Å². The van der Waals surface area contributed by atoms with Crippen LogP contribution in [0.3, 0.4) is 0 Å². The van der Waals surface area contributed by atoms with E-state index in [1.807, 2.05) is 0 Å². The lowest BCUT2D eigenvalue weighted by atomic mass is 9.84. The van der Waals surface area contributed by atoms with Crippen molar-refractivity contribution >= 4 is 29.9 Å². The van der Waals surface area contributed by atoms with Crippen LogP contribution in [-0.4, -0.2) is 63.7 Å². The van der Waals surface area contributed by atoms with E-state index >= 15 is 0 Å². The first-order chi connectivity index (χ1) is 11.8. The molecule has 0 spiro atoms. The average Bonchev–Trinajstić information content (AvgIpc) is 2.90. The van der Waals surface area contributed by atoms with Crippen LogP contribution in [0.4, 0.5) is 0 Å². The monoisotopic (exact) mass is 469 g/mol. The molecular weight excluding hydrogens is 433 g/mol. The van der Waals surface area contributed by atoms with Crippen LogP contribution in [0.2, 0.25) is 0 Å². The lowest BCUT2D eigenvalue weighted by Gasteiger charge is -2.27. The molecule has 0 radical (unpaired) electrons. The summed E-state index contributed by atoms with van der Waals surface area (Å²) < 4.78 is 11.5. The smallest absolute Gasteiger partial charge is 0.191 e. The van der Waals surface area contributed by atoms with E-state index in [0.717, 1.165) is 45.1 Å². The number of halogens is 1. The fourth-order valence-corrected chi connectivity index (χ4v) is 3.61. The highest BCUT2D eigenvalue weighted by Gasteiger charge is 2.34. The van der Waals surface area contributed by atoms with Crippen molar-refractivity contribution in [2.24, 2.45) is 10.4 Å². The first kappa shape index (κ1) is 22.9. The summed E-state index contributed by atoms with van der Waals surface area (Å²) in [7, 11) is 1.78. The van der Waals surface area contributed by atoms with Crippen LogP contribution in [0.1, 0.15) is 51.4 Å². The van der Waals surface area contributed by atoms with Gasteiger partial charge in [-0.05, 0) is 25.7 Å². The van der Waals surface area contributed by atoms with Gasteiger partial charge in [-0.15, -0.1) is 24.0 Å². The van der Waals surface area contributed by atoms with Crippen molar-refractivity contribution in [2.45, 2.75) is 57.5 Å². The number of aliphatic hydroxyl groups is 1. The summed E-state index contributed by atoms with van der Waals surface area (Å²) in [5.41, 5.74) is 0.0310. The van der Waals surface area contributed by atoms with E-state index in [4.69, 9.17) is 9.47 Å². The standard InChI is InChI=1S/C18H35N3O3.HI/c1-19-17(21-14-18(8-11-22)9-12-23-15-18)20-10-13-24-16-6-4-2-3-5-7-16;/h16,22H,2-15H2,1H3,(H2,19,20,21);1H. The topological polar surface area (TPSA) is 75.1 Å². The van der Waals surface area contributed by atoms with Crippen LogP contribution in [-0.2, 0) is 9.47 Å². The van der Waals surface area contributed by atoms with Gasteiger partial charge in [0, 0.05) is 38.8 Å². The minimum absolute atomic E-state index is 0. The summed E-state index contributed by atoms with van der Waals surface area (Å²) in [6.07, 6.45) is 9.92. The van der Waals surface area contributed by atoms with Crippen LogP contribution < -0.4 is 10.6 Å². The summed E-state index contributed by atoms with van der Waals surface area (Å²) in [6.45, 7) is 3.95. The van der Waals surface area contributed by atoms with Crippen LogP contribution in [0.25, 0.3) is 0 Å². The Morgan fingerprint density at radius 2 is 2.00 bits per heavy atom. The zero-order chi connectivity index (χ0) is 17.1. The first-order valence-electron chi connectivity index (χ1n) is 9.53. The molecule has 1 aliphatic heterocycles. The van der Waals surface area contributed by atoms with Crippen LogP contribution in [0, 0.1) is 5.41 Å². The predicted molar refractivity (Wildman–Crippen MR) is 112 cm³/mol. The molecule has 1 atom stereocenters. The van der Waals surface area contributed by atoms with Crippen molar-refractivity contribution in [2.75, 3.05) is 46.6 Å². The highest BCUT2D eigenvalue weighted by Crippen LogP contribution is 2.31. The lowest BCUT2D eigenvalue weighted by Crippen LogP contribution is -2.45. The van der Waals surface area contributed by atoms with Crippen molar-refractivity contribution < 1.29 is 14.6 Å². The molecule has 0 aromatic rings. The van der Waals surface area contributed by atoms with Gasteiger partial charge in [0.15, 0.2) is 5.96 Å². The normalized spacial score (nSPS) is 25.3. The van der Waals surface area contributed by atoms with E-state index < -0.39 is 0 Å². The van der Waals surface area contributed by atoms with Gasteiger partial charge in [-0.1, -0.05) is 25.7 Å². The molecule has 1 unspecified atom stereocenters. The van der Waals surface area contributed by atoms with Gasteiger partial charge in [0.05, 0.1) is 19.3 Å². The second kappa shape index (κ2) is 13.1. The summed E-state index contributed by atoms with van der Waals surface area (Å²) in [4.78, 5) is 4.28. The Morgan fingerprint density at radius 3 is 2.60 bits per heavy atom. The summed E-state index contributed by atoms with van der Waals surface area (Å²) >= 11 is 0. The molecule has 1 saturated carbocycles. The minimum Gasteiger partial charge on any atom is -0.396 e. The van der Waals surface area contributed by atoms with E-state index in [1.54, 1.807) is 7.05 Å². The number of hydrogen-bond acceptors (Lipinski definition) is 4. The molecule has 25 heavy (non-hydrogen) atoms. The van der Waals surface area contributed by atoms with E-state index in [-0.39, 0.29) is 36.0 Å². The predicted octanol–water partition coefficient (Wildman–Crippen LogP) is 2.30. The zero-order valence-electron chi connectivity index (χ0n) is 15.6. The molecule has 2 rings (SSSR count). The maximum Gasteiger partial charge on any atom is 0.191 e. The minimum atomic E-state index is 0. The van der Waals surface area contributed by atoms with Gasteiger partial charge in [0.25, 0.3) is 0 Å². The Kier molecular flexibility index (Phi) is 12.0. The third-order valence-electron chi connectivity index (χ3n) is 5.23. The van der Waals surface area contributed by atoms with Crippen LogP contribution in [0.15, 0.2) is 4.99 Å². The summed E-state index contributed by atoms with van der Waals surface area (Å²) in [6, 6.07) is 0. The molecule has 0 aromatic carbocycles. The first-order valence-corrected chi connectivity index (χ1v) is 9.53. The molecule has 2 aliphatic rings. The van der Waals surface area contributed by atoms with E-state index in [1.165, 1.54) is 38.5 Å². The molecule has 0 bridgehead atoms. The van der Waals surface area contributed by atoms with Gasteiger partial charge in [0.2, 0.25) is 0 Å². The lowest BCUT2D eigenvalue weighted by molar-refractivity contribution is 0.0467. The van der Waals surface area contributed by atoms with Gasteiger partial charge in [-0.25, -0.2) is 0 Å². The third-order valence-corrected chi connectivity index (χ3v) is 5.23. The van der Waals surface area contributed by atoms with E-state index in [9.17, 15) is 5.11 Å². The van der Waals surface area contributed by atoms with Gasteiger partial charge in [0.1, 0.15) is 0 Å². The Morgan fingerprint density at radius 1 is 1.24 bits per heavy atom. The number of hydrogen-bond donors (Lipinski definition) is 3. The SMILES string of the molecule is CN=C(NCCOC1CCCCCC1)NCC1(CCO)CCOC1.I. The third kappa shape index (κ3) is 8.41. The maximum atomic E-state index is 9.29. The molecule has 1 heterocycles. The maximum absolute atomic E-state index is 9.29. The number of nitrogens with zero attached hydrogens (tertiary/aromatic N) is 1. The molecule has 1 aliphatic carbocycles. The number of aliphatic hydroxyl groups excluding tert-OH is 1. The largest absolute Gasteiger partial charge is 0.396 e. The van der Waals surface area contributed by atoms with Crippen molar-refractivity contribution in [3.8, 4) is 0 Å². The fraction of sp³-hybridized carbons (Fsp3) is 0.944. The number of rotatable bonds is 8. The number of ether oxygens (including phenoxy) is 2. The Balaban J connectivity index is 0.00000312. The van der Waals surface area contributed by atoms with Crippen LogP contribution in [0.5, 0.6) is 0 Å². The molecule has 148 valence electrons. The quantitative estimate of drug-likeness (QED) is 0.167. The molecule has 2 fully saturated rings. The molecule has 0 amide bonds. The zero-order valence-corrected chi connectivity index (χ0v) is 17.9. The van der Waals surface area contributed by atoms with Crippen molar-refractivity contribution in [1.29, 1.82) is 0 Å². The molecule has 6 nitrogen and oxygen atoms in total. The molecular formula is C18H36IN3O3. The highest BCUT2D eigenvalue weighted by atomic mass is 127. The van der Waals surface area contributed by atoms with Crippen LogP contribution >= 0.6 is 24.0 Å². The Bertz CT molecular complexity index is 369. The van der Waals surface area contributed by atoms with Gasteiger partial charge >= 0.3 is 0 Å². The average molecular weight is 469 g/mol. The number of guanidine groups is 1. The summed E-state index contributed by atoms with van der Waals surface area (Å²) in [5, 5.41) is 16.0. The molecule has 1 saturated heterocycles. The van der Waals surface area contributed by atoms with E-state index in [2.05, 4.69) is 15.6 Å². The Hall–Kier alpha value is -0.120. The number of aliphatic imine (C=N–C) groups is 1. The molecule has 7 heteroatoms. The van der Waals surface area contributed by atoms with Crippen molar-refractivity contribution in [1.82, 2.24) is 10.6 Å². The van der Waals surface area contributed by atoms with Gasteiger partial charge in [-0.3, -0.25) is 4.99 Å².